The van der Waals surface area contributed by atoms with Crippen LogP contribution in [0, 0.1) is 23.2 Å². The van der Waals surface area contributed by atoms with E-state index in [1.807, 2.05) is 18.2 Å². The predicted octanol–water partition coefficient (Wildman–Crippen LogP) is 5.21. The fourth-order valence-electron chi connectivity index (χ4n) is 7.03. The molecule has 0 unspecified atom stereocenters. The van der Waals surface area contributed by atoms with E-state index < -0.39 is 10.0 Å². The van der Waals surface area contributed by atoms with E-state index in [4.69, 9.17) is 0 Å². The summed E-state index contributed by atoms with van der Waals surface area (Å²) in [4.78, 5) is 12.8. The van der Waals surface area contributed by atoms with Crippen molar-refractivity contribution in [1.29, 1.82) is 0 Å². The molecule has 1 amide bonds. The molecule has 6 heteroatoms. The van der Waals surface area contributed by atoms with E-state index in [0.717, 1.165) is 43.4 Å². The van der Waals surface area contributed by atoms with Gasteiger partial charge in [0.15, 0.2) is 0 Å². The van der Waals surface area contributed by atoms with Crippen LogP contribution < -0.4 is 10.0 Å². The Morgan fingerprint density at radius 1 is 0.969 bits per heavy atom. The SMILES string of the molecule is CC[C@@H](NS(=O)(=O)c1cccc(C(=O)Nc2ccccc2)c1)C12CC3CC(CC(C3)C1)C2. The van der Waals surface area contributed by atoms with Gasteiger partial charge in [-0.05, 0) is 98.4 Å². The second-order valence-electron chi connectivity index (χ2n) is 10.2. The van der Waals surface area contributed by atoms with Crippen LogP contribution in [0.1, 0.15) is 62.2 Å². The van der Waals surface area contributed by atoms with Crippen molar-refractivity contribution in [3.05, 3.63) is 60.2 Å². The summed E-state index contributed by atoms with van der Waals surface area (Å²) in [5.74, 6) is 1.99. The highest BCUT2D eigenvalue weighted by Gasteiger charge is 2.54. The van der Waals surface area contributed by atoms with Gasteiger partial charge in [-0.25, -0.2) is 13.1 Å². The van der Waals surface area contributed by atoms with Crippen molar-refractivity contribution in [3.63, 3.8) is 0 Å². The third-order valence-electron chi connectivity index (χ3n) is 7.97. The van der Waals surface area contributed by atoms with Crippen molar-refractivity contribution in [2.24, 2.45) is 23.2 Å². The molecule has 0 spiro atoms. The highest BCUT2D eigenvalue weighted by Crippen LogP contribution is 2.61. The molecular formula is C26H32N2O3S. The number of carbonyl (C=O) groups excluding carboxylic acids is 1. The molecule has 1 atom stereocenters. The van der Waals surface area contributed by atoms with Crippen LogP contribution in [-0.4, -0.2) is 20.4 Å². The standard InChI is InChI=1S/C26H32N2O3S/c1-2-24(26-15-18-11-19(16-26)13-20(12-18)17-26)28-32(30,31)23-10-6-7-21(14-23)25(29)27-22-8-4-3-5-9-22/h3-10,14,18-20,24,28H,2,11-13,15-17H2,1H3,(H,27,29)/t18?,19?,20?,24-,26?/m1/s1. The molecule has 6 rings (SSSR count). The lowest BCUT2D eigenvalue weighted by Crippen LogP contribution is -2.56. The summed E-state index contributed by atoms with van der Waals surface area (Å²) in [5.41, 5.74) is 1.11. The third-order valence-corrected chi connectivity index (χ3v) is 9.44. The van der Waals surface area contributed by atoms with Gasteiger partial charge in [0, 0.05) is 17.3 Å². The van der Waals surface area contributed by atoms with E-state index in [1.165, 1.54) is 25.3 Å². The summed E-state index contributed by atoms with van der Waals surface area (Å²) in [7, 11) is -3.72. The number of nitrogens with one attached hydrogen (secondary N) is 2. The molecule has 0 aliphatic heterocycles. The summed E-state index contributed by atoms with van der Waals surface area (Å²) in [5, 5.41) is 2.82. The Hall–Kier alpha value is -2.18. The van der Waals surface area contributed by atoms with E-state index in [0.29, 0.717) is 11.3 Å². The lowest BCUT2D eigenvalue weighted by molar-refractivity contribution is -0.0704. The molecule has 0 aromatic heterocycles. The number of benzene rings is 2. The molecule has 2 N–H and O–H groups in total. The molecule has 2 aromatic rings. The molecule has 4 aliphatic carbocycles. The normalized spacial score (nSPS) is 29.6. The van der Waals surface area contributed by atoms with E-state index in [9.17, 15) is 13.2 Å². The van der Waals surface area contributed by atoms with E-state index >= 15 is 0 Å². The molecule has 170 valence electrons. The first-order valence-corrected chi connectivity index (χ1v) is 13.3. The van der Waals surface area contributed by atoms with Gasteiger partial charge >= 0.3 is 0 Å². The minimum Gasteiger partial charge on any atom is -0.322 e. The van der Waals surface area contributed by atoms with Crippen LogP contribution in [0.3, 0.4) is 0 Å². The maximum absolute atomic E-state index is 13.4. The number of amides is 1. The third kappa shape index (κ3) is 4.11. The van der Waals surface area contributed by atoms with E-state index in [-0.39, 0.29) is 22.3 Å². The van der Waals surface area contributed by atoms with Gasteiger partial charge in [0.2, 0.25) is 10.0 Å². The first-order valence-electron chi connectivity index (χ1n) is 11.9. The van der Waals surface area contributed by atoms with Crippen LogP contribution >= 0.6 is 0 Å². The number of rotatable bonds is 7. The zero-order valence-corrected chi connectivity index (χ0v) is 19.4. The monoisotopic (exact) mass is 452 g/mol. The fraction of sp³-hybridized carbons (Fsp3) is 0.500. The molecule has 0 radical (unpaired) electrons. The number of sulfonamides is 1. The summed E-state index contributed by atoms with van der Waals surface area (Å²) in [6.07, 6.45) is 8.25. The number of para-hydroxylation sites is 1. The fourth-order valence-corrected chi connectivity index (χ4v) is 8.50. The summed E-state index contributed by atoms with van der Waals surface area (Å²) < 4.78 is 29.8. The number of anilines is 1. The van der Waals surface area contributed by atoms with Crippen molar-refractivity contribution in [1.82, 2.24) is 4.72 Å². The first kappa shape index (κ1) is 21.7. The average molecular weight is 453 g/mol. The highest BCUT2D eigenvalue weighted by molar-refractivity contribution is 7.89. The Labute approximate surface area is 191 Å². The Morgan fingerprint density at radius 3 is 2.19 bits per heavy atom. The molecule has 4 bridgehead atoms. The molecule has 0 heterocycles. The van der Waals surface area contributed by atoms with Crippen molar-refractivity contribution in [2.45, 2.75) is 62.8 Å². The molecule has 4 saturated carbocycles. The quantitative estimate of drug-likeness (QED) is 0.605. The average Bonchev–Trinajstić information content (AvgIpc) is 2.77. The topological polar surface area (TPSA) is 75.3 Å². The van der Waals surface area contributed by atoms with Gasteiger partial charge in [0.05, 0.1) is 4.90 Å². The van der Waals surface area contributed by atoms with Gasteiger partial charge in [-0.3, -0.25) is 4.79 Å². The predicted molar refractivity (Wildman–Crippen MR) is 126 cm³/mol. The Morgan fingerprint density at radius 2 is 1.59 bits per heavy atom. The molecule has 2 aromatic carbocycles. The van der Waals surface area contributed by atoms with Crippen molar-refractivity contribution < 1.29 is 13.2 Å². The smallest absolute Gasteiger partial charge is 0.255 e. The van der Waals surface area contributed by atoms with Crippen LogP contribution in [-0.2, 0) is 10.0 Å². The molecule has 5 nitrogen and oxygen atoms in total. The number of carbonyl (C=O) groups is 1. The van der Waals surface area contributed by atoms with Crippen molar-refractivity contribution >= 4 is 21.6 Å². The second kappa shape index (κ2) is 8.31. The number of hydrogen-bond acceptors (Lipinski definition) is 3. The molecule has 0 saturated heterocycles. The lowest BCUT2D eigenvalue weighted by atomic mass is 9.47. The Balaban J connectivity index is 1.35. The maximum atomic E-state index is 13.4. The number of hydrogen-bond donors (Lipinski definition) is 2. The summed E-state index contributed by atoms with van der Waals surface area (Å²) >= 11 is 0. The van der Waals surface area contributed by atoms with Crippen LogP contribution in [0.4, 0.5) is 5.69 Å². The van der Waals surface area contributed by atoms with Crippen molar-refractivity contribution in [3.8, 4) is 0 Å². The first-order chi connectivity index (χ1) is 15.4. The van der Waals surface area contributed by atoms with Gasteiger partial charge in [0.1, 0.15) is 0 Å². The minimum atomic E-state index is -3.72. The van der Waals surface area contributed by atoms with Gasteiger partial charge in [-0.2, -0.15) is 0 Å². The molecule has 4 fully saturated rings. The summed E-state index contributed by atoms with van der Waals surface area (Å²) in [6.45, 7) is 2.09. The van der Waals surface area contributed by atoms with Crippen LogP contribution in [0.15, 0.2) is 59.5 Å². The van der Waals surface area contributed by atoms with Gasteiger partial charge in [0.25, 0.3) is 5.91 Å². The lowest BCUT2D eigenvalue weighted by Gasteiger charge is -2.59. The van der Waals surface area contributed by atoms with Crippen LogP contribution in [0.25, 0.3) is 0 Å². The molecule has 4 aliphatic rings. The Bertz CT molecular complexity index is 1060. The minimum absolute atomic E-state index is 0.0531. The zero-order valence-electron chi connectivity index (χ0n) is 18.6. The van der Waals surface area contributed by atoms with Gasteiger partial charge in [-0.15, -0.1) is 0 Å². The van der Waals surface area contributed by atoms with E-state index in [2.05, 4.69) is 17.0 Å². The second-order valence-corrected chi connectivity index (χ2v) is 11.9. The largest absolute Gasteiger partial charge is 0.322 e. The van der Waals surface area contributed by atoms with Crippen LogP contribution in [0.5, 0.6) is 0 Å². The summed E-state index contributed by atoms with van der Waals surface area (Å²) in [6, 6.07) is 15.5. The highest BCUT2D eigenvalue weighted by atomic mass is 32.2. The molecule has 32 heavy (non-hydrogen) atoms. The van der Waals surface area contributed by atoms with Crippen LogP contribution in [0.2, 0.25) is 0 Å². The van der Waals surface area contributed by atoms with Gasteiger partial charge < -0.3 is 5.32 Å². The Kier molecular flexibility index (Phi) is 5.62. The van der Waals surface area contributed by atoms with Gasteiger partial charge in [-0.1, -0.05) is 31.2 Å². The zero-order chi connectivity index (χ0) is 22.3. The van der Waals surface area contributed by atoms with Crippen molar-refractivity contribution in [2.75, 3.05) is 5.32 Å². The van der Waals surface area contributed by atoms with E-state index in [1.54, 1.807) is 30.3 Å². The maximum Gasteiger partial charge on any atom is 0.255 e. The molecular weight excluding hydrogens is 420 g/mol.